The van der Waals surface area contributed by atoms with Crippen molar-refractivity contribution in [1.29, 1.82) is 0 Å². The minimum Gasteiger partial charge on any atom is -0.349 e. The number of rotatable bonds is 6. The highest BCUT2D eigenvalue weighted by Gasteiger charge is 2.35. The Kier molecular flexibility index (Phi) is 5.49. The number of benzene rings is 1. The molecule has 2 aromatic heterocycles. The zero-order valence-electron chi connectivity index (χ0n) is 16.6. The maximum Gasteiger partial charge on any atom is 0.222 e. The summed E-state index contributed by atoms with van der Waals surface area (Å²) < 4.78 is 4.46. The number of hydrogen-bond donors (Lipinski definition) is 1. The first kappa shape index (κ1) is 19.1. The van der Waals surface area contributed by atoms with Gasteiger partial charge in [0, 0.05) is 18.4 Å². The van der Waals surface area contributed by atoms with E-state index < -0.39 is 0 Å². The molecule has 3 aromatic rings. The molecule has 1 amide bonds. The van der Waals surface area contributed by atoms with Crippen LogP contribution in [0.15, 0.2) is 48.8 Å². The van der Waals surface area contributed by atoms with Gasteiger partial charge >= 0.3 is 0 Å². The minimum atomic E-state index is -0.100. The Labute approximate surface area is 170 Å². The Morgan fingerprint density at radius 2 is 1.89 bits per heavy atom. The molecule has 1 aliphatic heterocycles. The van der Waals surface area contributed by atoms with E-state index in [-0.39, 0.29) is 11.4 Å². The topological polar surface area (TPSA) is 51.9 Å². The highest BCUT2D eigenvalue weighted by molar-refractivity contribution is 7.99. The lowest BCUT2D eigenvalue weighted by Gasteiger charge is -2.38. The number of carbonyl (C=O) groups is 1. The van der Waals surface area contributed by atoms with Gasteiger partial charge in [0.15, 0.2) is 0 Å². The van der Waals surface area contributed by atoms with E-state index in [1.165, 1.54) is 0 Å². The standard InChI is InChI=1S/C22H28N4OS/c1-17(2)26-19-8-4-3-7-18(19)24-20(26)16-23-21(27)15-22(9-13-28-14-10-22)25-11-5-6-12-25/h3-8,11-12,17H,9-10,13-16H2,1-2H3,(H,23,27). The Morgan fingerprint density at radius 1 is 1.18 bits per heavy atom. The molecule has 1 fully saturated rings. The van der Waals surface area contributed by atoms with Crippen LogP contribution < -0.4 is 5.32 Å². The van der Waals surface area contributed by atoms with E-state index in [0.717, 1.165) is 41.2 Å². The van der Waals surface area contributed by atoms with Crippen LogP contribution in [0.5, 0.6) is 0 Å². The molecule has 5 nitrogen and oxygen atoms in total. The molecule has 0 bridgehead atoms. The van der Waals surface area contributed by atoms with Crippen LogP contribution in [0.4, 0.5) is 0 Å². The van der Waals surface area contributed by atoms with Crippen molar-refractivity contribution in [2.45, 2.75) is 51.2 Å². The molecular formula is C22H28N4OS. The second-order valence-corrected chi connectivity index (χ2v) is 9.09. The fourth-order valence-corrected chi connectivity index (χ4v) is 5.52. The van der Waals surface area contributed by atoms with Crippen LogP contribution in [0, 0.1) is 0 Å². The number of carbonyl (C=O) groups excluding carboxylic acids is 1. The summed E-state index contributed by atoms with van der Waals surface area (Å²) in [6.45, 7) is 4.77. The van der Waals surface area contributed by atoms with Crippen molar-refractivity contribution in [1.82, 2.24) is 19.4 Å². The summed E-state index contributed by atoms with van der Waals surface area (Å²) in [5.74, 6) is 3.23. The van der Waals surface area contributed by atoms with Crippen molar-refractivity contribution in [3.8, 4) is 0 Å². The summed E-state index contributed by atoms with van der Waals surface area (Å²) in [5.41, 5.74) is 2.00. The van der Waals surface area contributed by atoms with Crippen molar-refractivity contribution < 1.29 is 4.79 Å². The zero-order valence-corrected chi connectivity index (χ0v) is 17.4. The molecule has 1 aliphatic rings. The van der Waals surface area contributed by atoms with Crippen LogP contribution in [-0.4, -0.2) is 31.5 Å². The van der Waals surface area contributed by atoms with E-state index in [2.05, 4.69) is 46.8 Å². The number of nitrogens with zero attached hydrogens (tertiary/aromatic N) is 3. The number of amides is 1. The Hall–Kier alpha value is -2.21. The molecule has 0 radical (unpaired) electrons. The van der Waals surface area contributed by atoms with Crippen LogP contribution in [0.25, 0.3) is 11.0 Å². The lowest BCUT2D eigenvalue weighted by Crippen LogP contribution is -2.41. The second-order valence-electron chi connectivity index (χ2n) is 7.86. The lowest BCUT2D eigenvalue weighted by molar-refractivity contribution is -0.123. The third kappa shape index (κ3) is 3.70. The first-order valence-electron chi connectivity index (χ1n) is 10.0. The van der Waals surface area contributed by atoms with E-state index in [0.29, 0.717) is 19.0 Å². The summed E-state index contributed by atoms with van der Waals surface area (Å²) in [6, 6.07) is 12.5. The van der Waals surface area contributed by atoms with Crippen molar-refractivity contribution in [3.05, 3.63) is 54.6 Å². The van der Waals surface area contributed by atoms with E-state index in [1.807, 2.05) is 42.1 Å². The van der Waals surface area contributed by atoms with Crippen LogP contribution in [0.1, 0.15) is 45.0 Å². The molecule has 0 spiro atoms. The predicted octanol–water partition coefficient (Wildman–Crippen LogP) is 4.35. The summed E-state index contributed by atoms with van der Waals surface area (Å²) in [7, 11) is 0. The SMILES string of the molecule is CC(C)n1c(CNC(=O)CC2(n3cccc3)CCSCC2)nc2ccccc21. The number of hydrogen-bond acceptors (Lipinski definition) is 3. The van der Waals surface area contributed by atoms with Gasteiger partial charge in [-0.1, -0.05) is 12.1 Å². The lowest BCUT2D eigenvalue weighted by atomic mass is 9.87. The summed E-state index contributed by atoms with van der Waals surface area (Å²) >= 11 is 1.98. The van der Waals surface area contributed by atoms with Crippen molar-refractivity contribution in [2.24, 2.45) is 0 Å². The smallest absolute Gasteiger partial charge is 0.222 e. The van der Waals surface area contributed by atoms with Crippen molar-refractivity contribution in [3.63, 3.8) is 0 Å². The van der Waals surface area contributed by atoms with Crippen molar-refractivity contribution in [2.75, 3.05) is 11.5 Å². The zero-order chi connectivity index (χ0) is 19.6. The minimum absolute atomic E-state index is 0.1000. The van der Waals surface area contributed by atoms with E-state index in [9.17, 15) is 4.79 Å². The van der Waals surface area contributed by atoms with Gasteiger partial charge in [0.1, 0.15) is 5.82 Å². The number of aromatic nitrogens is 3. The van der Waals surface area contributed by atoms with Crippen LogP contribution in [0.2, 0.25) is 0 Å². The highest BCUT2D eigenvalue weighted by Crippen LogP contribution is 2.36. The molecular weight excluding hydrogens is 368 g/mol. The van der Waals surface area contributed by atoms with E-state index in [1.54, 1.807) is 0 Å². The molecule has 0 saturated carbocycles. The average Bonchev–Trinajstić information content (AvgIpc) is 3.35. The second kappa shape index (κ2) is 8.03. The van der Waals surface area contributed by atoms with E-state index >= 15 is 0 Å². The molecule has 1 aromatic carbocycles. The molecule has 1 N–H and O–H groups in total. The maximum atomic E-state index is 12.9. The van der Waals surface area contributed by atoms with Gasteiger partial charge < -0.3 is 14.5 Å². The van der Waals surface area contributed by atoms with Gasteiger partial charge in [-0.3, -0.25) is 4.79 Å². The number of imidazole rings is 1. The number of fused-ring (bicyclic) bond motifs is 1. The molecule has 0 atom stereocenters. The first-order chi connectivity index (χ1) is 13.6. The molecule has 6 heteroatoms. The summed E-state index contributed by atoms with van der Waals surface area (Å²) in [6.07, 6.45) is 6.78. The predicted molar refractivity (Wildman–Crippen MR) is 116 cm³/mol. The third-order valence-electron chi connectivity index (χ3n) is 5.69. The quantitative estimate of drug-likeness (QED) is 0.674. The van der Waals surface area contributed by atoms with Gasteiger partial charge in [-0.2, -0.15) is 11.8 Å². The highest BCUT2D eigenvalue weighted by atomic mass is 32.2. The van der Waals surface area contributed by atoms with Gasteiger partial charge in [0.05, 0.1) is 29.5 Å². The van der Waals surface area contributed by atoms with Crippen LogP contribution >= 0.6 is 11.8 Å². The number of nitrogens with one attached hydrogen (secondary N) is 1. The van der Waals surface area contributed by atoms with Crippen LogP contribution in [-0.2, 0) is 16.9 Å². The molecule has 0 aliphatic carbocycles. The molecule has 0 unspecified atom stereocenters. The van der Waals surface area contributed by atoms with Gasteiger partial charge in [-0.25, -0.2) is 4.98 Å². The summed E-state index contributed by atoms with van der Waals surface area (Å²) in [5, 5.41) is 3.15. The van der Waals surface area contributed by atoms with Crippen LogP contribution in [0.3, 0.4) is 0 Å². The number of thioether (sulfide) groups is 1. The monoisotopic (exact) mass is 396 g/mol. The molecule has 3 heterocycles. The average molecular weight is 397 g/mol. The van der Waals surface area contributed by atoms with Gasteiger partial charge in [-0.05, 0) is 62.5 Å². The fourth-order valence-electron chi connectivity index (χ4n) is 4.26. The Morgan fingerprint density at radius 3 is 2.61 bits per heavy atom. The van der Waals surface area contributed by atoms with Gasteiger partial charge in [0.2, 0.25) is 5.91 Å². The molecule has 148 valence electrons. The molecule has 1 saturated heterocycles. The molecule has 28 heavy (non-hydrogen) atoms. The fraction of sp³-hybridized carbons (Fsp3) is 0.455. The van der Waals surface area contributed by atoms with Crippen molar-refractivity contribution >= 4 is 28.7 Å². The summed E-state index contributed by atoms with van der Waals surface area (Å²) in [4.78, 5) is 17.7. The first-order valence-corrected chi connectivity index (χ1v) is 11.2. The van der Waals surface area contributed by atoms with E-state index in [4.69, 9.17) is 4.98 Å². The van der Waals surface area contributed by atoms with Gasteiger partial charge in [0.25, 0.3) is 0 Å². The Bertz CT molecular complexity index is 939. The Balaban J connectivity index is 1.50. The van der Waals surface area contributed by atoms with Gasteiger partial charge in [-0.15, -0.1) is 0 Å². The molecule has 4 rings (SSSR count). The largest absolute Gasteiger partial charge is 0.349 e. The third-order valence-corrected chi connectivity index (χ3v) is 6.68. The number of para-hydroxylation sites is 2. The normalized spacial score (nSPS) is 16.5. The maximum absolute atomic E-state index is 12.9.